The van der Waals surface area contributed by atoms with E-state index in [-0.39, 0.29) is 16.3 Å². The quantitative estimate of drug-likeness (QED) is 0.894. The number of anilines is 1. The van der Waals surface area contributed by atoms with Crippen molar-refractivity contribution in [2.75, 3.05) is 5.32 Å². The Morgan fingerprint density at radius 2 is 2.06 bits per heavy atom. The first-order chi connectivity index (χ1) is 8.58. The molecule has 0 unspecified atom stereocenters. The zero-order valence-electron chi connectivity index (χ0n) is 9.01. The van der Waals surface area contributed by atoms with Crippen molar-refractivity contribution in [2.45, 2.75) is 0 Å². The lowest BCUT2D eigenvalue weighted by molar-refractivity contribution is 0.0698. The fourth-order valence-electron chi connectivity index (χ4n) is 1.39. The van der Waals surface area contributed by atoms with Crippen LogP contribution in [0.3, 0.4) is 0 Å². The Hall–Kier alpha value is -2.27. The van der Waals surface area contributed by atoms with Crippen LogP contribution in [0.15, 0.2) is 41.2 Å². The Balaban J connectivity index is 2.29. The van der Waals surface area contributed by atoms with Crippen LogP contribution in [0, 0.1) is 0 Å². The van der Waals surface area contributed by atoms with Crippen molar-refractivity contribution in [1.29, 1.82) is 0 Å². The summed E-state index contributed by atoms with van der Waals surface area (Å²) < 4.78 is 4.77. The van der Waals surface area contributed by atoms with Gasteiger partial charge in [-0.15, -0.1) is 0 Å². The molecule has 5 nitrogen and oxygen atoms in total. The summed E-state index contributed by atoms with van der Waals surface area (Å²) in [7, 11) is 0. The zero-order valence-corrected chi connectivity index (χ0v) is 9.77. The van der Waals surface area contributed by atoms with Gasteiger partial charge in [-0.1, -0.05) is 11.6 Å². The van der Waals surface area contributed by atoms with Gasteiger partial charge in [0.05, 0.1) is 23.1 Å². The summed E-state index contributed by atoms with van der Waals surface area (Å²) in [5, 5.41) is 11.8. The van der Waals surface area contributed by atoms with Gasteiger partial charge in [-0.2, -0.15) is 0 Å². The molecule has 2 N–H and O–H groups in total. The average molecular weight is 266 g/mol. The van der Waals surface area contributed by atoms with Gasteiger partial charge in [-0.25, -0.2) is 4.79 Å². The Bertz CT molecular complexity index is 592. The molecule has 2 aromatic rings. The van der Waals surface area contributed by atoms with E-state index in [1.54, 1.807) is 0 Å². The number of carbonyl (C=O) groups is 2. The monoisotopic (exact) mass is 265 g/mol. The maximum Gasteiger partial charge on any atom is 0.337 e. The first-order valence-corrected chi connectivity index (χ1v) is 5.32. The molecule has 1 aromatic heterocycles. The summed E-state index contributed by atoms with van der Waals surface area (Å²) in [6.45, 7) is 0. The van der Waals surface area contributed by atoms with Crippen molar-refractivity contribution >= 4 is 29.2 Å². The fourth-order valence-corrected chi connectivity index (χ4v) is 1.56. The molecule has 0 bridgehead atoms. The number of carbonyl (C=O) groups excluding carboxylic acids is 1. The lowest BCUT2D eigenvalue weighted by Gasteiger charge is -2.07. The third kappa shape index (κ3) is 2.52. The highest BCUT2D eigenvalue weighted by Crippen LogP contribution is 2.21. The lowest BCUT2D eigenvalue weighted by Crippen LogP contribution is -2.14. The minimum atomic E-state index is -1.17. The summed E-state index contributed by atoms with van der Waals surface area (Å²) in [5.41, 5.74) is 0.415. The average Bonchev–Trinajstić information content (AvgIpc) is 2.84. The molecule has 92 valence electrons. The maximum atomic E-state index is 11.7. The van der Waals surface area contributed by atoms with Gasteiger partial charge in [-0.05, 0) is 24.3 Å². The molecule has 6 heteroatoms. The summed E-state index contributed by atoms with van der Waals surface area (Å²) >= 11 is 5.71. The summed E-state index contributed by atoms with van der Waals surface area (Å²) in [6, 6.07) is 5.68. The Labute approximate surface area is 107 Å². The number of carboxylic acid groups (broad SMARTS) is 1. The second-order valence-corrected chi connectivity index (χ2v) is 3.90. The van der Waals surface area contributed by atoms with Crippen molar-refractivity contribution in [2.24, 2.45) is 0 Å². The van der Waals surface area contributed by atoms with Gasteiger partial charge in [0.2, 0.25) is 0 Å². The Morgan fingerprint density at radius 1 is 1.28 bits per heavy atom. The van der Waals surface area contributed by atoms with E-state index in [4.69, 9.17) is 21.1 Å². The van der Waals surface area contributed by atoms with Gasteiger partial charge in [0.25, 0.3) is 5.91 Å². The van der Waals surface area contributed by atoms with E-state index in [0.717, 1.165) is 0 Å². The largest absolute Gasteiger partial charge is 0.478 e. The van der Waals surface area contributed by atoms with Crippen LogP contribution in [0.4, 0.5) is 5.69 Å². The lowest BCUT2D eigenvalue weighted by atomic mass is 10.1. The van der Waals surface area contributed by atoms with Crippen LogP contribution in [0.25, 0.3) is 0 Å². The highest BCUT2D eigenvalue weighted by atomic mass is 35.5. The molecule has 0 fully saturated rings. The SMILES string of the molecule is O=C(Nc1ccc(Cl)cc1C(=O)O)c1ccoc1. The van der Waals surface area contributed by atoms with E-state index in [2.05, 4.69) is 5.32 Å². The molecule has 0 atom stereocenters. The molecule has 0 aliphatic heterocycles. The molecule has 0 aliphatic carbocycles. The highest BCUT2D eigenvalue weighted by Gasteiger charge is 2.14. The molecule has 0 aliphatic rings. The number of carboxylic acids is 1. The minimum absolute atomic E-state index is 0.0701. The van der Waals surface area contributed by atoms with Gasteiger partial charge in [0.1, 0.15) is 6.26 Å². The van der Waals surface area contributed by atoms with Crippen molar-refractivity contribution in [3.63, 3.8) is 0 Å². The third-order valence-electron chi connectivity index (χ3n) is 2.24. The summed E-state index contributed by atoms with van der Waals surface area (Å²) in [6.07, 6.45) is 2.63. The molecule has 0 saturated carbocycles. The topological polar surface area (TPSA) is 79.5 Å². The number of amides is 1. The van der Waals surface area contributed by atoms with E-state index in [1.807, 2.05) is 0 Å². The Kier molecular flexibility index (Phi) is 3.34. The molecular formula is C12H8ClNO4. The summed E-state index contributed by atoms with van der Waals surface area (Å²) in [4.78, 5) is 22.8. The standard InChI is InChI=1S/C12H8ClNO4/c13-8-1-2-10(9(5-8)12(16)17)14-11(15)7-3-4-18-6-7/h1-6H,(H,14,15)(H,16,17). The molecule has 0 spiro atoms. The molecule has 18 heavy (non-hydrogen) atoms. The Morgan fingerprint density at radius 3 is 2.67 bits per heavy atom. The number of hydrogen-bond donors (Lipinski definition) is 2. The fraction of sp³-hybridized carbons (Fsp3) is 0. The van der Waals surface area contributed by atoms with E-state index in [9.17, 15) is 9.59 Å². The first-order valence-electron chi connectivity index (χ1n) is 4.94. The molecule has 0 saturated heterocycles. The van der Waals surface area contributed by atoms with Gasteiger partial charge < -0.3 is 14.8 Å². The van der Waals surface area contributed by atoms with Gasteiger partial charge in [-0.3, -0.25) is 4.79 Å². The number of rotatable bonds is 3. The van der Waals surface area contributed by atoms with Crippen LogP contribution in [0.1, 0.15) is 20.7 Å². The molecule has 1 heterocycles. The van der Waals surface area contributed by atoms with Crippen LogP contribution < -0.4 is 5.32 Å². The normalized spacial score (nSPS) is 10.1. The molecule has 0 radical (unpaired) electrons. The number of aromatic carboxylic acids is 1. The first kappa shape index (κ1) is 12.2. The summed E-state index contributed by atoms with van der Waals surface area (Å²) in [5.74, 6) is -1.62. The number of furan rings is 1. The van der Waals surface area contributed by atoms with Crippen molar-refractivity contribution in [3.05, 3.63) is 52.9 Å². The van der Waals surface area contributed by atoms with Crippen LogP contribution in [-0.4, -0.2) is 17.0 Å². The second kappa shape index (κ2) is 4.93. The van der Waals surface area contributed by atoms with E-state index in [1.165, 1.54) is 36.8 Å². The molecule has 1 amide bonds. The van der Waals surface area contributed by atoms with Crippen molar-refractivity contribution < 1.29 is 19.1 Å². The number of halogens is 1. The van der Waals surface area contributed by atoms with Gasteiger partial charge in [0, 0.05) is 5.02 Å². The van der Waals surface area contributed by atoms with Crippen LogP contribution >= 0.6 is 11.6 Å². The predicted molar refractivity (Wildman–Crippen MR) is 65.1 cm³/mol. The van der Waals surface area contributed by atoms with Crippen LogP contribution in [0.5, 0.6) is 0 Å². The van der Waals surface area contributed by atoms with Crippen LogP contribution in [-0.2, 0) is 0 Å². The van der Waals surface area contributed by atoms with Gasteiger partial charge >= 0.3 is 5.97 Å². The number of hydrogen-bond acceptors (Lipinski definition) is 3. The van der Waals surface area contributed by atoms with E-state index >= 15 is 0 Å². The van der Waals surface area contributed by atoms with Crippen molar-refractivity contribution in [3.8, 4) is 0 Å². The smallest absolute Gasteiger partial charge is 0.337 e. The van der Waals surface area contributed by atoms with E-state index in [0.29, 0.717) is 5.56 Å². The second-order valence-electron chi connectivity index (χ2n) is 3.46. The van der Waals surface area contributed by atoms with Crippen LogP contribution in [0.2, 0.25) is 5.02 Å². The third-order valence-corrected chi connectivity index (χ3v) is 2.48. The number of nitrogens with one attached hydrogen (secondary N) is 1. The minimum Gasteiger partial charge on any atom is -0.478 e. The predicted octanol–water partition coefficient (Wildman–Crippen LogP) is 2.88. The van der Waals surface area contributed by atoms with E-state index < -0.39 is 11.9 Å². The maximum absolute atomic E-state index is 11.7. The number of benzene rings is 1. The molecular weight excluding hydrogens is 258 g/mol. The highest BCUT2D eigenvalue weighted by molar-refractivity contribution is 6.31. The molecule has 2 rings (SSSR count). The molecule has 1 aromatic carbocycles. The zero-order chi connectivity index (χ0) is 13.1. The van der Waals surface area contributed by atoms with Gasteiger partial charge in [0.15, 0.2) is 0 Å². The van der Waals surface area contributed by atoms with Crippen molar-refractivity contribution in [1.82, 2.24) is 0 Å².